The molecule has 0 bridgehead atoms. The largest absolute Gasteiger partial charge is 0.370 e. The van der Waals surface area contributed by atoms with E-state index in [0.717, 1.165) is 23.5 Å². The van der Waals surface area contributed by atoms with Crippen LogP contribution in [0.25, 0.3) is 5.69 Å². The second kappa shape index (κ2) is 9.33. The molecule has 0 fully saturated rings. The van der Waals surface area contributed by atoms with E-state index in [-0.39, 0.29) is 29.8 Å². The maximum Gasteiger partial charge on any atom is 0.193 e. The number of anilines is 1. The van der Waals surface area contributed by atoms with Gasteiger partial charge in [-0.2, -0.15) is 5.10 Å². The zero-order chi connectivity index (χ0) is 17.6. The summed E-state index contributed by atoms with van der Waals surface area (Å²) in [4.78, 5) is 4.31. The first-order valence-corrected chi connectivity index (χ1v) is 8.10. The maximum absolute atomic E-state index is 13.0. The molecule has 0 aliphatic heterocycles. The number of hydrogen-bond donors (Lipinski definition) is 2. The normalized spacial score (nSPS) is 11.1. The summed E-state index contributed by atoms with van der Waals surface area (Å²) in [6.07, 6.45) is 2.78. The first-order chi connectivity index (χ1) is 12.1. The number of hydrogen-bond acceptors (Lipinski definition) is 2. The van der Waals surface area contributed by atoms with Gasteiger partial charge in [-0.1, -0.05) is 19.1 Å². The van der Waals surface area contributed by atoms with Gasteiger partial charge in [0.2, 0.25) is 0 Å². The van der Waals surface area contributed by atoms with Crippen molar-refractivity contribution in [3.8, 4) is 5.69 Å². The minimum absolute atomic E-state index is 0. The van der Waals surface area contributed by atoms with Crippen molar-refractivity contribution < 1.29 is 4.39 Å². The van der Waals surface area contributed by atoms with Crippen LogP contribution in [0.1, 0.15) is 18.2 Å². The van der Waals surface area contributed by atoms with E-state index in [1.54, 1.807) is 16.8 Å². The molecule has 0 saturated carbocycles. The van der Waals surface area contributed by atoms with Crippen LogP contribution in [0, 0.1) is 5.82 Å². The van der Waals surface area contributed by atoms with Crippen molar-refractivity contribution in [1.82, 2.24) is 9.78 Å². The van der Waals surface area contributed by atoms with E-state index < -0.39 is 0 Å². The summed E-state index contributed by atoms with van der Waals surface area (Å²) in [5, 5.41) is 7.50. The van der Waals surface area contributed by atoms with Gasteiger partial charge in [0.05, 0.1) is 17.9 Å². The van der Waals surface area contributed by atoms with Crippen molar-refractivity contribution in [2.45, 2.75) is 19.9 Å². The van der Waals surface area contributed by atoms with E-state index in [1.807, 2.05) is 30.5 Å². The molecule has 1 aromatic heterocycles. The summed E-state index contributed by atoms with van der Waals surface area (Å²) < 4.78 is 14.7. The third kappa shape index (κ3) is 5.29. The lowest BCUT2D eigenvalue weighted by atomic mass is 10.1. The number of guanidine groups is 1. The molecule has 136 valence electrons. The predicted octanol–water partition coefficient (Wildman–Crippen LogP) is 4.12. The average molecular weight is 465 g/mol. The number of aliphatic imine (C=N–C) groups is 1. The number of benzene rings is 2. The Balaban J connectivity index is 0.00000243. The lowest BCUT2D eigenvalue weighted by Crippen LogP contribution is -2.22. The molecule has 5 nitrogen and oxygen atoms in total. The molecule has 0 spiro atoms. The molecule has 7 heteroatoms. The zero-order valence-electron chi connectivity index (χ0n) is 14.4. The zero-order valence-corrected chi connectivity index (χ0v) is 16.7. The first kappa shape index (κ1) is 19.9. The highest BCUT2D eigenvalue weighted by Gasteiger charge is 2.02. The predicted molar refractivity (Wildman–Crippen MR) is 114 cm³/mol. The Hall–Kier alpha value is -2.42. The lowest BCUT2D eigenvalue weighted by Gasteiger charge is -2.06. The molecule has 0 atom stereocenters. The molecule has 0 aliphatic carbocycles. The summed E-state index contributed by atoms with van der Waals surface area (Å²) >= 11 is 0. The first-order valence-electron chi connectivity index (χ1n) is 8.10. The minimum atomic E-state index is -0.272. The van der Waals surface area contributed by atoms with E-state index in [0.29, 0.717) is 12.5 Å². The van der Waals surface area contributed by atoms with Crippen LogP contribution in [-0.4, -0.2) is 15.7 Å². The molecule has 3 rings (SSSR count). The van der Waals surface area contributed by atoms with E-state index in [2.05, 4.69) is 28.4 Å². The molecule has 2 aromatic carbocycles. The number of nitrogens with two attached hydrogens (primary N) is 1. The average Bonchev–Trinajstić information content (AvgIpc) is 3.10. The highest BCUT2D eigenvalue weighted by molar-refractivity contribution is 14.0. The number of rotatable bonds is 5. The molecule has 26 heavy (non-hydrogen) atoms. The fourth-order valence-electron chi connectivity index (χ4n) is 2.41. The monoisotopic (exact) mass is 465 g/mol. The summed E-state index contributed by atoms with van der Waals surface area (Å²) in [7, 11) is 0. The van der Waals surface area contributed by atoms with Crippen molar-refractivity contribution in [1.29, 1.82) is 0 Å². The van der Waals surface area contributed by atoms with E-state index in [4.69, 9.17) is 5.73 Å². The third-order valence-corrected chi connectivity index (χ3v) is 3.75. The molecule has 0 saturated heterocycles. The Kier molecular flexibility index (Phi) is 7.14. The Labute approximate surface area is 169 Å². The summed E-state index contributed by atoms with van der Waals surface area (Å²) in [6.45, 7) is 2.47. The van der Waals surface area contributed by atoms with E-state index in [9.17, 15) is 4.39 Å². The number of aryl methyl sites for hydroxylation is 1. The van der Waals surface area contributed by atoms with Gasteiger partial charge in [0.25, 0.3) is 0 Å². The standard InChI is InChI=1S/C19H20FN5.HI/c1-2-14-4-3-5-16(12-14)23-19(21)22-13-17-10-11-25(24-17)18-8-6-15(20)7-9-18;/h3-12H,2,13H2,1H3,(H3,21,22,23);1H. The van der Waals surface area contributed by atoms with Gasteiger partial charge in [-0.15, -0.1) is 24.0 Å². The fourth-order valence-corrected chi connectivity index (χ4v) is 2.41. The summed E-state index contributed by atoms with van der Waals surface area (Å²) in [5.41, 5.74) is 9.65. The number of aromatic nitrogens is 2. The van der Waals surface area contributed by atoms with Crippen molar-refractivity contribution in [2.75, 3.05) is 5.32 Å². The van der Waals surface area contributed by atoms with Crippen LogP contribution >= 0.6 is 24.0 Å². The van der Waals surface area contributed by atoms with Gasteiger partial charge in [0, 0.05) is 11.9 Å². The van der Waals surface area contributed by atoms with Gasteiger partial charge in [-0.25, -0.2) is 14.1 Å². The van der Waals surface area contributed by atoms with Crippen LogP contribution in [0.15, 0.2) is 65.8 Å². The second-order valence-electron chi connectivity index (χ2n) is 5.61. The van der Waals surface area contributed by atoms with Crippen LogP contribution in [0.5, 0.6) is 0 Å². The molecule has 0 radical (unpaired) electrons. The molecule has 3 aromatic rings. The maximum atomic E-state index is 13.0. The van der Waals surface area contributed by atoms with Crippen molar-refractivity contribution in [2.24, 2.45) is 10.7 Å². The van der Waals surface area contributed by atoms with Crippen LogP contribution in [0.4, 0.5) is 10.1 Å². The summed E-state index contributed by atoms with van der Waals surface area (Å²) in [5.74, 6) is 0.0660. The van der Waals surface area contributed by atoms with Crippen molar-refractivity contribution in [3.05, 3.63) is 77.9 Å². The van der Waals surface area contributed by atoms with Crippen LogP contribution in [-0.2, 0) is 13.0 Å². The molecule has 3 N–H and O–H groups in total. The molecule has 1 heterocycles. The number of halogens is 2. The quantitative estimate of drug-likeness (QED) is 0.339. The van der Waals surface area contributed by atoms with Gasteiger partial charge in [-0.3, -0.25) is 0 Å². The molecule has 0 unspecified atom stereocenters. The van der Waals surface area contributed by atoms with Crippen molar-refractivity contribution >= 4 is 35.6 Å². The lowest BCUT2D eigenvalue weighted by molar-refractivity contribution is 0.627. The fraction of sp³-hybridized carbons (Fsp3) is 0.158. The Morgan fingerprint density at radius 3 is 2.69 bits per heavy atom. The van der Waals surface area contributed by atoms with Gasteiger partial charge in [0.1, 0.15) is 5.82 Å². The Morgan fingerprint density at radius 1 is 1.19 bits per heavy atom. The van der Waals surface area contributed by atoms with Crippen molar-refractivity contribution in [3.63, 3.8) is 0 Å². The van der Waals surface area contributed by atoms with Gasteiger partial charge in [-0.05, 0) is 54.4 Å². The van der Waals surface area contributed by atoms with Crippen LogP contribution in [0.2, 0.25) is 0 Å². The van der Waals surface area contributed by atoms with Crippen LogP contribution < -0.4 is 11.1 Å². The molecule has 0 amide bonds. The highest BCUT2D eigenvalue weighted by Crippen LogP contribution is 2.11. The molecular weight excluding hydrogens is 444 g/mol. The second-order valence-corrected chi connectivity index (χ2v) is 5.61. The van der Waals surface area contributed by atoms with E-state index >= 15 is 0 Å². The smallest absolute Gasteiger partial charge is 0.193 e. The SMILES string of the molecule is CCc1cccc(NC(N)=NCc2ccn(-c3ccc(F)cc3)n2)c1.I. The van der Waals surface area contributed by atoms with Gasteiger partial charge in [0.15, 0.2) is 5.96 Å². The topological polar surface area (TPSA) is 68.2 Å². The van der Waals surface area contributed by atoms with E-state index in [1.165, 1.54) is 17.7 Å². The minimum Gasteiger partial charge on any atom is -0.370 e. The van der Waals surface area contributed by atoms with Gasteiger partial charge < -0.3 is 11.1 Å². The Bertz CT molecular complexity index is 874. The van der Waals surface area contributed by atoms with Crippen LogP contribution in [0.3, 0.4) is 0 Å². The number of nitrogens with one attached hydrogen (secondary N) is 1. The molecular formula is C19H21FIN5. The summed E-state index contributed by atoms with van der Waals surface area (Å²) in [6, 6.07) is 16.1. The van der Waals surface area contributed by atoms with Gasteiger partial charge >= 0.3 is 0 Å². The highest BCUT2D eigenvalue weighted by atomic mass is 127. The molecule has 0 aliphatic rings. The Morgan fingerprint density at radius 2 is 1.96 bits per heavy atom. The third-order valence-electron chi connectivity index (χ3n) is 3.75. The number of nitrogens with zero attached hydrogens (tertiary/aromatic N) is 3.